The first kappa shape index (κ1) is 9.92. The molecule has 1 aromatic rings. The van der Waals surface area contributed by atoms with E-state index in [1.165, 1.54) is 0 Å². The van der Waals surface area contributed by atoms with Crippen LogP contribution in [0.2, 0.25) is 0 Å². The molecule has 0 saturated heterocycles. The van der Waals surface area contributed by atoms with E-state index in [1.807, 2.05) is 18.2 Å². The molecule has 0 aliphatic rings. The Hall–Kier alpha value is -1.16. The Kier molecular flexibility index (Phi) is 3.64. The molecule has 1 atom stereocenters. The van der Waals surface area contributed by atoms with Gasteiger partial charge in [-0.2, -0.15) is 0 Å². The Morgan fingerprint density at radius 3 is 2.46 bits per heavy atom. The van der Waals surface area contributed by atoms with Crippen molar-refractivity contribution in [3.8, 4) is 0 Å². The molecule has 4 heteroatoms. The molecule has 0 aliphatic carbocycles. The molecule has 0 spiro atoms. The van der Waals surface area contributed by atoms with Crippen molar-refractivity contribution in [3.63, 3.8) is 0 Å². The zero-order chi connectivity index (χ0) is 9.68. The number of amides is 1. The standard InChI is InChI=1S/C9H11NO2S/c10-9(11)6-7-13(12)8-4-2-1-3-5-8/h1-5H,6-7H2,(H2,10,11). The lowest BCUT2D eigenvalue weighted by Gasteiger charge is -1.98. The van der Waals surface area contributed by atoms with Crippen molar-refractivity contribution in [1.82, 2.24) is 0 Å². The van der Waals surface area contributed by atoms with E-state index in [4.69, 9.17) is 5.73 Å². The normalized spacial score (nSPS) is 12.3. The molecule has 3 nitrogen and oxygen atoms in total. The molecule has 0 radical (unpaired) electrons. The van der Waals surface area contributed by atoms with Gasteiger partial charge in [-0.3, -0.25) is 9.00 Å². The molecule has 1 rings (SSSR count). The zero-order valence-electron chi connectivity index (χ0n) is 7.10. The summed E-state index contributed by atoms with van der Waals surface area (Å²) in [5.74, 6) is -0.108. The van der Waals surface area contributed by atoms with E-state index in [-0.39, 0.29) is 6.42 Å². The Labute approximate surface area is 79.4 Å². The highest BCUT2D eigenvalue weighted by molar-refractivity contribution is 7.85. The largest absolute Gasteiger partial charge is 0.370 e. The lowest BCUT2D eigenvalue weighted by Crippen LogP contribution is -2.14. The maximum atomic E-state index is 11.5. The summed E-state index contributed by atoms with van der Waals surface area (Å²) in [7, 11) is -1.10. The first-order chi connectivity index (χ1) is 6.20. The fraction of sp³-hybridized carbons (Fsp3) is 0.222. The summed E-state index contributed by atoms with van der Waals surface area (Å²) < 4.78 is 11.5. The minimum absolute atomic E-state index is 0.168. The van der Waals surface area contributed by atoms with Gasteiger partial charge in [-0.05, 0) is 12.1 Å². The molecule has 13 heavy (non-hydrogen) atoms. The average molecular weight is 197 g/mol. The zero-order valence-corrected chi connectivity index (χ0v) is 7.92. The van der Waals surface area contributed by atoms with Gasteiger partial charge in [0.1, 0.15) is 0 Å². The fourth-order valence-corrected chi connectivity index (χ4v) is 1.97. The molecule has 2 N–H and O–H groups in total. The van der Waals surface area contributed by atoms with Crippen molar-refractivity contribution >= 4 is 16.7 Å². The highest BCUT2D eigenvalue weighted by Crippen LogP contribution is 2.05. The number of primary amides is 1. The van der Waals surface area contributed by atoms with E-state index in [2.05, 4.69) is 0 Å². The van der Waals surface area contributed by atoms with Crippen LogP contribution in [0.25, 0.3) is 0 Å². The van der Waals surface area contributed by atoms with Crippen LogP contribution in [-0.2, 0) is 15.6 Å². The molecule has 70 valence electrons. The lowest BCUT2D eigenvalue weighted by molar-refractivity contribution is -0.117. The number of hydrogen-bond acceptors (Lipinski definition) is 2. The second kappa shape index (κ2) is 4.77. The summed E-state index contributed by atoms with van der Waals surface area (Å²) in [4.78, 5) is 11.2. The molecular weight excluding hydrogens is 186 g/mol. The van der Waals surface area contributed by atoms with Crippen LogP contribution in [0.1, 0.15) is 6.42 Å². The van der Waals surface area contributed by atoms with Gasteiger partial charge in [0.15, 0.2) is 0 Å². The number of nitrogens with two attached hydrogens (primary N) is 1. The van der Waals surface area contributed by atoms with Crippen molar-refractivity contribution in [2.24, 2.45) is 5.73 Å². The third-order valence-electron chi connectivity index (χ3n) is 1.54. The number of carbonyl (C=O) groups excluding carboxylic acids is 1. The summed E-state index contributed by atoms with van der Waals surface area (Å²) in [6.45, 7) is 0. The van der Waals surface area contributed by atoms with Crippen molar-refractivity contribution < 1.29 is 9.00 Å². The molecular formula is C9H11NO2S. The van der Waals surface area contributed by atoms with Gasteiger partial charge >= 0.3 is 0 Å². The van der Waals surface area contributed by atoms with Crippen molar-refractivity contribution in [1.29, 1.82) is 0 Å². The van der Waals surface area contributed by atoms with Gasteiger partial charge in [-0.15, -0.1) is 0 Å². The Bertz CT molecular complexity index is 311. The summed E-state index contributed by atoms with van der Waals surface area (Å²) in [5.41, 5.74) is 4.95. The summed E-state index contributed by atoms with van der Waals surface area (Å²) in [5, 5.41) is 0. The van der Waals surface area contributed by atoms with Gasteiger partial charge in [0.2, 0.25) is 5.91 Å². The third-order valence-corrected chi connectivity index (χ3v) is 2.91. The van der Waals surface area contributed by atoms with Gasteiger partial charge in [-0.1, -0.05) is 18.2 Å². The first-order valence-electron chi connectivity index (χ1n) is 3.92. The molecule has 0 fully saturated rings. The highest BCUT2D eigenvalue weighted by Gasteiger charge is 2.04. The van der Waals surface area contributed by atoms with E-state index in [0.717, 1.165) is 4.90 Å². The van der Waals surface area contributed by atoms with E-state index in [1.54, 1.807) is 12.1 Å². The number of benzene rings is 1. The Morgan fingerprint density at radius 1 is 1.31 bits per heavy atom. The van der Waals surface area contributed by atoms with Crippen LogP contribution in [0.4, 0.5) is 0 Å². The second-order valence-corrected chi connectivity index (χ2v) is 4.15. The number of rotatable bonds is 4. The van der Waals surface area contributed by atoms with Crippen LogP contribution in [0.5, 0.6) is 0 Å². The van der Waals surface area contributed by atoms with Crippen LogP contribution in [0, 0.1) is 0 Å². The maximum Gasteiger partial charge on any atom is 0.218 e. The maximum absolute atomic E-state index is 11.5. The minimum Gasteiger partial charge on any atom is -0.370 e. The smallest absolute Gasteiger partial charge is 0.218 e. The number of carbonyl (C=O) groups is 1. The predicted octanol–water partition coefficient (Wildman–Crippen LogP) is 0.670. The Balaban J connectivity index is 2.54. The van der Waals surface area contributed by atoms with Crippen molar-refractivity contribution in [2.45, 2.75) is 11.3 Å². The molecule has 1 aromatic carbocycles. The SMILES string of the molecule is NC(=O)CCS(=O)c1ccccc1. The second-order valence-electron chi connectivity index (χ2n) is 2.58. The number of hydrogen-bond donors (Lipinski definition) is 1. The monoisotopic (exact) mass is 197 g/mol. The van der Waals surface area contributed by atoms with Crippen LogP contribution in [0.3, 0.4) is 0 Å². The summed E-state index contributed by atoms with van der Waals surface area (Å²) in [6, 6.07) is 9.04. The quantitative estimate of drug-likeness (QED) is 0.771. The topological polar surface area (TPSA) is 60.2 Å². The van der Waals surface area contributed by atoms with Crippen molar-refractivity contribution in [2.75, 3.05) is 5.75 Å². The summed E-state index contributed by atoms with van der Waals surface area (Å²) in [6.07, 6.45) is 0.168. The lowest BCUT2D eigenvalue weighted by atomic mass is 10.4. The molecule has 0 bridgehead atoms. The van der Waals surface area contributed by atoms with Gasteiger partial charge in [0, 0.05) is 17.1 Å². The van der Waals surface area contributed by atoms with Crippen LogP contribution in [-0.4, -0.2) is 15.9 Å². The molecule has 1 amide bonds. The van der Waals surface area contributed by atoms with E-state index in [0.29, 0.717) is 5.75 Å². The average Bonchev–Trinajstić information content (AvgIpc) is 2.15. The molecule has 0 aliphatic heterocycles. The fourth-order valence-electron chi connectivity index (χ4n) is 0.883. The van der Waals surface area contributed by atoms with E-state index < -0.39 is 16.7 Å². The Morgan fingerprint density at radius 2 is 1.92 bits per heavy atom. The molecule has 0 heterocycles. The van der Waals surface area contributed by atoms with Gasteiger partial charge in [0.05, 0.1) is 10.8 Å². The first-order valence-corrected chi connectivity index (χ1v) is 5.24. The van der Waals surface area contributed by atoms with Crippen LogP contribution in [0.15, 0.2) is 35.2 Å². The predicted molar refractivity (Wildman–Crippen MR) is 51.5 cm³/mol. The molecule has 1 unspecified atom stereocenters. The van der Waals surface area contributed by atoms with Gasteiger partial charge in [-0.25, -0.2) is 0 Å². The van der Waals surface area contributed by atoms with E-state index in [9.17, 15) is 9.00 Å². The van der Waals surface area contributed by atoms with Crippen LogP contribution < -0.4 is 5.73 Å². The molecule has 0 aromatic heterocycles. The van der Waals surface area contributed by atoms with E-state index >= 15 is 0 Å². The van der Waals surface area contributed by atoms with Crippen molar-refractivity contribution in [3.05, 3.63) is 30.3 Å². The summed E-state index contributed by atoms with van der Waals surface area (Å²) >= 11 is 0. The third kappa shape index (κ3) is 3.38. The minimum atomic E-state index is -1.10. The van der Waals surface area contributed by atoms with Crippen LogP contribution >= 0.6 is 0 Å². The van der Waals surface area contributed by atoms with Gasteiger partial charge < -0.3 is 5.73 Å². The van der Waals surface area contributed by atoms with Gasteiger partial charge in [0.25, 0.3) is 0 Å². The highest BCUT2D eigenvalue weighted by atomic mass is 32.2. The molecule has 0 saturated carbocycles.